The van der Waals surface area contributed by atoms with Gasteiger partial charge in [0.2, 0.25) is 5.91 Å². The molecule has 2 rings (SSSR count). The van der Waals surface area contributed by atoms with Gasteiger partial charge in [-0.1, -0.05) is 41.4 Å². The number of rotatable bonds is 7. The van der Waals surface area contributed by atoms with Gasteiger partial charge in [0.1, 0.15) is 6.54 Å². The van der Waals surface area contributed by atoms with Gasteiger partial charge >= 0.3 is 0 Å². The van der Waals surface area contributed by atoms with Crippen molar-refractivity contribution in [3.8, 4) is 0 Å². The molecule has 0 fully saturated rings. The fourth-order valence-corrected chi connectivity index (χ4v) is 2.90. The highest BCUT2D eigenvalue weighted by Gasteiger charge is 2.13. The van der Waals surface area contributed by atoms with Crippen molar-refractivity contribution >= 4 is 40.7 Å². The Morgan fingerprint density at radius 1 is 1.08 bits per heavy atom. The van der Waals surface area contributed by atoms with E-state index in [1.807, 2.05) is 38.2 Å². The minimum Gasteiger partial charge on any atom is -0.342 e. The Balaban J connectivity index is 1.77. The van der Waals surface area contributed by atoms with Crippen LogP contribution < -0.4 is 15.5 Å². The first kappa shape index (κ1) is 20.2. The molecule has 0 bridgehead atoms. The second kappa shape index (κ2) is 9.57. The molecule has 26 heavy (non-hydrogen) atoms. The maximum atomic E-state index is 12.0. The summed E-state index contributed by atoms with van der Waals surface area (Å²) < 4.78 is 0. The molecule has 0 spiro atoms. The zero-order valence-electron chi connectivity index (χ0n) is 14.7. The summed E-state index contributed by atoms with van der Waals surface area (Å²) in [7, 11) is 1.91. The van der Waals surface area contributed by atoms with Crippen molar-refractivity contribution in [1.82, 2.24) is 5.32 Å². The quantitative estimate of drug-likeness (QED) is 0.672. The number of quaternary nitrogens is 1. The first-order valence-electron chi connectivity index (χ1n) is 8.22. The lowest BCUT2D eigenvalue weighted by Crippen LogP contribution is -3.08. The average Bonchev–Trinajstić information content (AvgIpc) is 2.57. The van der Waals surface area contributed by atoms with Crippen LogP contribution >= 0.6 is 23.2 Å². The van der Waals surface area contributed by atoms with Crippen molar-refractivity contribution in [2.24, 2.45) is 0 Å². The molecule has 0 saturated heterocycles. The summed E-state index contributed by atoms with van der Waals surface area (Å²) in [5.41, 5.74) is 2.48. The van der Waals surface area contributed by atoms with Crippen LogP contribution in [0, 0.1) is 6.92 Å². The van der Waals surface area contributed by atoms with Crippen LogP contribution in [-0.4, -0.2) is 32.0 Å². The topological polar surface area (TPSA) is 62.6 Å². The van der Waals surface area contributed by atoms with Crippen LogP contribution in [0.4, 0.5) is 5.69 Å². The summed E-state index contributed by atoms with van der Waals surface area (Å²) in [6.07, 6.45) is 0. The van der Waals surface area contributed by atoms with E-state index in [-0.39, 0.29) is 24.9 Å². The molecular weight excluding hydrogens is 373 g/mol. The molecule has 0 aromatic heterocycles. The number of carbonyl (C=O) groups is 2. The predicted molar refractivity (Wildman–Crippen MR) is 105 cm³/mol. The van der Waals surface area contributed by atoms with E-state index in [0.29, 0.717) is 22.3 Å². The summed E-state index contributed by atoms with van der Waals surface area (Å²) in [6.45, 7) is 2.66. The summed E-state index contributed by atoms with van der Waals surface area (Å²) in [4.78, 5) is 25.0. The number of benzene rings is 2. The van der Waals surface area contributed by atoms with Gasteiger partial charge in [-0.3, -0.25) is 9.59 Å². The molecule has 7 heteroatoms. The normalized spacial score (nSPS) is 11.7. The van der Waals surface area contributed by atoms with Crippen molar-refractivity contribution in [1.29, 1.82) is 0 Å². The Bertz CT molecular complexity index is 796. The second-order valence-corrected chi connectivity index (χ2v) is 7.02. The number of anilines is 1. The van der Waals surface area contributed by atoms with Crippen LogP contribution in [-0.2, 0) is 16.1 Å². The van der Waals surface area contributed by atoms with E-state index >= 15 is 0 Å². The number of hydrogen-bond donors (Lipinski definition) is 3. The molecule has 2 aromatic rings. The third-order valence-corrected chi connectivity index (χ3v) is 4.49. The Morgan fingerprint density at radius 3 is 2.54 bits per heavy atom. The van der Waals surface area contributed by atoms with Gasteiger partial charge in [0.25, 0.3) is 5.91 Å². The number of halogens is 2. The summed E-state index contributed by atoms with van der Waals surface area (Å²) >= 11 is 12.0. The average molecular weight is 395 g/mol. The molecule has 0 radical (unpaired) electrons. The highest BCUT2D eigenvalue weighted by atomic mass is 35.5. The van der Waals surface area contributed by atoms with Crippen molar-refractivity contribution in [3.63, 3.8) is 0 Å². The van der Waals surface area contributed by atoms with Crippen LogP contribution in [0.15, 0.2) is 42.5 Å². The van der Waals surface area contributed by atoms with Gasteiger partial charge in [-0.25, -0.2) is 0 Å². The molecule has 0 aliphatic heterocycles. The first-order chi connectivity index (χ1) is 12.3. The molecular formula is C19H22Cl2N3O2+. The maximum Gasteiger partial charge on any atom is 0.275 e. The molecule has 0 aliphatic rings. The lowest BCUT2D eigenvalue weighted by molar-refractivity contribution is -0.885. The molecule has 2 amide bonds. The Hall–Kier alpha value is -2.08. The summed E-state index contributed by atoms with van der Waals surface area (Å²) in [5.74, 6) is -0.487. The van der Waals surface area contributed by atoms with Crippen LogP contribution in [0.3, 0.4) is 0 Å². The van der Waals surface area contributed by atoms with Crippen LogP contribution in [0.1, 0.15) is 11.1 Å². The zero-order chi connectivity index (χ0) is 19.1. The zero-order valence-corrected chi connectivity index (χ0v) is 16.2. The number of amides is 2. The van der Waals surface area contributed by atoms with Crippen LogP contribution in [0.5, 0.6) is 0 Å². The van der Waals surface area contributed by atoms with Gasteiger partial charge in [0.05, 0.1) is 13.6 Å². The Kier molecular flexibility index (Phi) is 7.45. The van der Waals surface area contributed by atoms with Gasteiger partial charge < -0.3 is 15.5 Å². The third-order valence-electron chi connectivity index (χ3n) is 3.85. The van der Waals surface area contributed by atoms with Gasteiger partial charge in [0.15, 0.2) is 6.54 Å². The highest BCUT2D eigenvalue weighted by molar-refractivity contribution is 6.31. The molecule has 1 unspecified atom stereocenters. The van der Waals surface area contributed by atoms with E-state index in [0.717, 1.165) is 16.0 Å². The largest absolute Gasteiger partial charge is 0.342 e. The molecule has 0 aliphatic carbocycles. The fraction of sp³-hybridized carbons (Fsp3) is 0.263. The van der Waals surface area contributed by atoms with Crippen molar-refractivity contribution in [2.45, 2.75) is 13.5 Å². The molecule has 2 aromatic carbocycles. The van der Waals surface area contributed by atoms with Gasteiger partial charge in [-0.15, -0.1) is 0 Å². The van der Waals surface area contributed by atoms with E-state index in [2.05, 4.69) is 10.6 Å². The Morgan fingerprint density at radius 2 is 1.81 bits per heavy atom. The monoisotopic (exact) mass is 394 g/mol. The second-order valence-electron chi connectivity index (χ2n) is 6.18. The minimum atomic E-state index is -0.295. The van der Waals surface area contributed by atoms with Gasteiger partial charge in [0, 0.05) is 21.3 Å². The number of likely N-dealkylation sites (N-methyl/N-ethyl adjacent to an activating group) is 1. The molecule has 3 N–H and O–H groups in total. The smallest absolute Gasteiger partial charge is 0.275 e. The number of carbonyl (C=O) groups excluding carboxylic acids is 2. The number of nitrogens with one attached hydrogen (secondary N) is 3. The highest BCUT2D eigenvalue weighted by Crippen LogP contribution is 2.22. The standard InChI is InChI=1S/C19H21Cl2N3O2/c1-13-16(21)7-4-8-17(13)23-18(25)10-22-19(26)12-24(2)11-14-5-3-6-15(20)9-14/h3-9H,10-12H2,1-2H3,(H,22,26)(H,23,25)/p+1. The SMILES string of the molecule is Cc1c(Cl)cccc1NC(=O)CNC(=O)C[NH+](C)Cc1cccc(Cl)c1. The van der Waals surface area contributed by atoms with Crippen molar-refractivity contribution in [3.05, 3.63) is 63.6 Å². The molecule has 5 nitrogen and oxygen atoms in total. The van der Waals surface area contributed by atoms with E-state index < -0.39 is 0 Å². The fourth-order valence-electron chi connectivity index (χ4n) is 2.51. The van der Waals surface area contributed by atoms with Crippen LogP contribution in [0.2, 0.25) is 10.0 Å². The maximum absolute atomic E-state index is 12.0. The first-order valence-corrected chi connectivity index (χ1v) is 8.98. The molecule has 138 valence electrons. The van der Waals surface area contributed by atoms with Crippen molar-refractivity contribution < 1.29 is 14.5 Å². The minimum absolute atomic E-state index is 0.0881. The van der Waals surface area contributed by atoms with Gasteiger partial charge in [-0.2, -0.15) is 0 Å². The lowest BCUT2D eigenvalue weighted by atomic mass is 10.2. The Labute approximate surface area is 163 Å². The predicted octanol–water partition coefficient (Wildman–Crippen LogP) is 2.07. The van der Waals surface area contributed by atoms with Crippen molar-refractivity contribution in [2.75, 3.05) is 25.5 Å². The number of hydrogen-bond acceptors (Lipinski definition) is 2. The van der Waals surface area contributed by atoms with E-state index in [1.165, 1.54) is 0 Å². The van der Waals surface area contributed by atoms with E-state index in [9.17, 15) is 9.59 Å². The lowest BCUT2D eigenvalue weighted by Gasteiger charge is -2.14. The third kappa shape index (κ3) is 6.33. The molecule has 1 atom stereocenters. The summed E-state index contributed by atoms with van der Waals surface area (Å²) in [6, 6.07) is 12.8. The summed E-state index contributed by atoms with van der Waals surface area (Å²) in [5, 5.41) is 6.64. The van der Waals surface area contributed by atoms with Gasteiger partial charge in [-0.05, 0) is 36.8 Å². The van der Waals surface area contributed by atoms with E-state index in [1.54, 1.807) is 18.2 Å². The van der Waals surface area contributed by atoms with E-state index in [4.69, 9.17) is 23.2 Å². The van der Waals surface area contributed by atoms with Crippen LogP contribution in [0.25, 0.3) is 0 Å². The molecule has 0 saturated carbocycles. The molecule has 0 heterocycles.